The lowest BCUT2D eigenvalue weighted by Gasteiger charge is -2.22. The van der Waals surface area contributed by atoms with Crippen LogP contribution in [0.25, 0.3) is 0 Å². The maximum absolute atomic E-state index is 14.1. The van der Waals surface area contributed by atoms with Crippen LogP contribution in [0.15, 0.2) is 24.3 Å². The highest BCUT2D eigenvalue weighted by Gasteiger charge is 2.27. The molecule has 0 amide bonds. The molecule has 0 saturated heterocycles. The number of benzene rings is 2. The molecule has 0 atom stereocenters. The monoisotopic (exact) mass is 361 g/mol. The number of halogens is 5. The summed E-state index contributed by atoms with van der Waals surface area (Å²) in [6, 6.07) is 5.34. The molecule has 2 rings (SSSR count). The van der Waals surface area contributed by atoms with Crippen LogP contribution in [0, 0.1) is 29.1 Å². The Labute approximate surface area is 141 Å². The first-order valence-corrected chi connectivity index (χ1v) is 7.35. The third kappa shape index (κ3) is 4.26. The van der Waals surface area contributed by atoms with Crippen molar-refractivity contribution in [1.82, 2.24) is 4.90 Å². The number of hydrogen-bond acceptors (Lipinski definition) is 3. The van der Waals surface area contributed by atoms with Crippen molar-refractivity contribution in [1.29, 1.82) is 0 Å². The van der Waals surface area contributed by atoms with Gasteiger partial charge in [0.05, 0.1) is 13.7 Å². The second-order valence-electron chi connectivity index (χ2n) is 5.33. The van der Waals surface area contributed by atoms with Gasteiger partial charge in [0.15, 0.2) is 17.4 Å². The highest BCUT2D eigenvalue weighted by molar-refractivity contribution is 5.34. The summed E-state index contributed by atoms with van der Waals surface area (Å²) < 4.78 is 73.0. The number of aliphatic hydroxyl groups excluding tert-OH is 1. The number of hydrogen-bond donors (Lipinski definition) is 1. The van der Waals surface area contributed by atoms with E-state index in [1.54, 1.807) is 0 Å². The van der Waals surface area contributed by atoms with E-state index in [4.69, 9.17) is 5.11 Å². The zero-order valence-electron chi connectivity index (χ0n) is 13.3. The zero-order chi connectivity index (χ0) is 18.6. The predicted molar refractivity (Wildman–Crippen MR) is 80.4 cm³/mol. The van der Waals surface area contributed by atoms with Crippen LogP contribution in [-0.2, 0) is 13.1 Å². The lowest BCUT2D eigenvalue weighted by molar-refractivity contribution is 0.179. The minimum atomic E-state index is -1.62. The summed E-state index contributed by atoms with van der Waals surface area (Å²) in [4.78, 5) is 1.38. The van der Waals surface area contributed by atoms with Crippen LogP contribution in [0.1, 0.15) is 11.1 Å². The van der Waals surface area contributed by atoms with Crippen molar-refractivity contribution < 1.29 is 31.8 Å². The van der Waals surface area contributed by atoms with E-state index in [2.05, 4.69) is 4.74 Å². The average Bonchev–Trinajstić information content (AvgIpc) is 2.59. The Morgan fingerprint density at radius 1 is 0.880 bits per heavy atom. The maximum atomic E-state index is 14.1. The fraction of sp³-hybridized carbons (Fsp3) is 0.294. The molecule has 25 heavy (non-hydrogen) atoms. The quantitative estimate of drug-likeness (QED) is 0.606. The molecule has 0 bridgehead atoms. The lowest BCUT2D eigenvalue weighted by atomic mass is 10.1. The summed E-state index contributed by atoms with van der Waals surface area (Å²) in [6.07, 6.45) is 0. The van der Waals surface area contributed by atoms with Crippen LogP contribution in [-0.4, -0.2) is 30.3 Å². The molecular formula is C17H16F5NO2. The molecule has 0 unspecified atom stereocenters. The van der Waals surface area contributed by atoms with Crippen molar-refractivity contribution in [2.75, 3.05) is 20.3 Å². The van der Waals surface area contributed by atoms with E-state index < -0.39 is 46.9 Å². The normalized spacial score (nSPS) is 11.2. The van der Waals surface area contributed by atoms with E-state index in [0.717, 1.165) is 7.11 Å². The van der Waals surface area contributed by atoms with Crippen LogP contribution in [0.2, 0.25) is 0 Å². The van der Waals surface area contributed by atoms with E-state index in [-0.39, 0.29) is 19.7 Å². The van der Waals surface area contributed by atoms with Crippen molar-refractivity contribution in [3.8, 4) is 5.75 Å². The van der Waals surface area contributed by atoms with Gasteiger partial charge in [-0.1, -0.05) is 12.1 Å². The van der Waals surface area contributed by atoms with E-state index in [0.29, 0.717) is 5.56 Å². The standard InChI is InChI=1S/C17H16F5NO2/c1-25-17-15(21)13(19)12(14(20)16(17)22)9-23(6-7-24)8-10-2-4-11(18)5-3-10/h2-5,24H,6-9H2,1H3. The van der Waals surface area contributed by atoms with E-state index in [1.807, 2.05) is 0 Å². The van der Waals surface area contributed by atoms with Crippen LogP contribution < -0.4 is 4.74 Å². The van der Waals surface area contributed by atoms with E-state index >= 15 is 0 Å². The molecule has 0 saturated carbocycles. The Morgan fingerprint density at radius 2 is 1.44 bits per heavy atom. The largest absolute Gasteiger partial charge is 0.491 e. The Morgan fingerprint density at radius 3 is 1.92 bits per heavy atom. The molecular weight excluding hydrogens is 345 g/mol. The van der Waals surface area contributed by atoms with Gasteiger partial charge >= 0.3 is 0 Å². The fourth-order valence-corrected chi connectivity index (χ4v) is 2.40. The summed E-state index contributed by atoms with van der Waals surface area (Å²) in [7, 11) is 0.895. The number of methoxy groups -OCH3 is 1. The maximum Gasteiger partial charge on any atom is 0.204 e. The minimum Gasteiger partial charge on any atom is -0.491 e. The predicted octanol–water partition coefficient (Wildman–Crippen LogP) is 3.39. The molecule has 0 fully saturated rings. The first kappa shape index (κ1) is 19.1. The molecule has 0 aromatic heterocycles. The Balaban J connectivity index is 2.31. The molecule has 136 valence electrons. The van der Waals surface area contributed by atoms with Gasteiger partial charge in [0.1, 0.15) is 5.82 Å². The van der Waals surface area contributed by atoms with Gasteiger partial charge in [-0.05, 0) is 17.7 Å². The summed E-state index contributed by atoms with van der Waals surface area (Å²) in [6.45, 7) is -0.750. The van der Waals surface area contributed by atoms with Gasteiger partial charge in [-0.25, -0.2) is 13.2 Å². The van der Waals surface area contributed by atoms with Gasteiger partial charge in [-0.2, -0.15) is 8.78 Å². The van der Waals surface area contributed by atoms with Crippen molar-refractivity contribution in [2.24, 2.45) is 0 Å². The molecule has 0 aliphatic rings. The third-order valence-corrected chi connectivity index (χ3v) is 3.64. The molecule has 2 aromatic carbocycles. The number of aliphatic hydroxyl groups is 1. The third-order valence-electron chi connectivity index (χ3n) is 3.64. The van der Waals surface area contributed by atoms with Gasteiger partial charge in [0, 0.05) is 25.2 Å². The van der Waals surface area contributed by atoms with Gasteiger partial charge < -0.3 is 9.84 Å². The van der Waals surface area contributed by atoms with Gasteiger partial charge in [-0.3, -0.25) is 4.90 Å². The molecule has 0 aliphatic carbocycles. The van der Waals surface area contributed by atoms with Gasteiger partial charge in [0.2, 0.25) is 11.6 Å². The van der Waals surface area contributed by atoms with Crippen LogP contribution in [0.3, 0.4) is 0 Å². The molecule has 3 nitrogen and oxygen atoms in total. The molecule has 1 N–H and O–H groups in total. The molecule has 0 aliphatic heterocycles. The van der Waals surface area contributed by atoms with Crippen molar-refractivity contribution in [3.63, 3.8) is 0 Å². The molecule has 8 heteroatoms. The minimum absolute atomic E-state index is 0.00841. The Kier molecular flexibility index (Phi) is 6.33. The first-order valence-electron chi connectivity index (χ1n) is 7.35. The second-order valence-corrected chi connectivity index (χ2v) is 5.33. The second kappa shape index (κ2) is 8.26. The van der Waals surface area contributed by atoms with Crippen molar-refractivity contribution in [3.05, 3.63) is 64.5 Å². The SMILES string of the molecule is COc1c(F)c(F)c(CN(CCO)Cc2ccc(F)cc2)c(F)c1F. The smallest absolute Gasteiger partial charge is 0.204 e. The van der Waals surface area contributed by atoms with Gasteiger partial charge in [-0.15, -0.1) is 0 Å². The summed E-state index contributed by atoms with van der Waals surface area (Å²) >= 11 is 0. The lowest BCUT2D eigenvalue weighted by Crippen LogP contribution is -2.27. The molecule has 0 heterocycles. The van der Waals surface area contributed by atoms with Crippen LogP contribution in [0.5, 0.6) is 5.75 Å². The first-order chi connectivity index (χ1) is 11.9. The molecule has 2 aromatic rings. The summed E-state index contributed by atoms with van der Waals surface area (Å²) in [5.74, 6) is -7.94. The molecule has 0 spiro atoms. The van der Waals surface area contributed by atoms with Crippen LogP contribution in [0.4, 0.5) is 22.0 Å². The topological polar surface area (TPSA) is 32.7 Å². The van der Waals surface area contributed by atoms with Gasteiger partial charge in [0.25, 0.3) is 0 Å². The van der Waals surface area contributed by atoms with Crippen molar-refractivity contribution in [2.45, 2.75) is 13.1 Å². The highest BCUT2D eigenvalue weighted by Crippen LogP contribution is 2.30. The van der Waals surface area contributed by atoms with E-state index in [9.17, 15) is 22.0 Å². The average molecular weight is 361 g/mol. The summed E-state index contributed by atoms with van der Waals surface area (Å²) in [5.41, 5.74) is -0.212. The number of nitrogens with zero attached hydrogens (tertiary/aromatic N) is 1. The fourth-order valence-electron chi connectivity index (χ4n) is 2.40. The Bertz CT molecular complexity index is 708. The number of rotatable bonds is 7. The molecule has 0 radical (unpaired) electrons. The van der Waals surface area contributed by atoms with Crippen LogP contribution >= 0.6 is 0 Å². The van der Waals surface area contributed by atoms with E-state index in [1.165, 1.54) is 29.2 Å². The Hall–Kier alpha value is -2.19. The highest BCUT2D eigenvalue weighted by atomic mass is 19.2. The summed E-state index contributed by atoms with van der Waals surface area (Å²) in [5, 5.41) is 9.11. The zero-order valence-corrected chi connectivity index (χ0v) is 13.3. The number of ether oxygens (including phenoxy) is 1. The van der Waals surface area contributed by atoms with Crippen molar-refractivity contribution >= 4 is 0 Å².